The lowest BCUT2D eigenvalue weighted by molar-refractivity contribution is 0.416. The van der Waals surface area contributed by atoms with Gasteiger partial charge in [0.05, 0.1) is 24.2 Å². The summed E-state index contributed by atoms with van der Waals surface area (Å²) >= 11 is 3.41. The lowest BCUT2D eigenvalue weighted by Gasteiger charge is -2.15. The molecule has 20 heavy (non-hydrogen) atoms. The van der Waals surface area contributed by atoms with E-state index in [1.807, 2.05) is 24.3 Å². The number of nitrogens with two attached hydrogens (primary N) is 1. The van der Waals surface area contributed by atoms with E-state index in [0.29, 0.717) is 11.6 Å². The number of nitrogen functional groups attached to an aromatic ring is 1. The number of halogens is 1. The van der Waals surface area contributed by atoms with Crippen molar-refractivity contribution in [2.45, 2.75) is 19.8 Å². The lowest BCUT2D eigenvalue weighted by atomic mass is 10.0. The SMILES string of the molecule is COc1ccc(C(C)C)cc1Nc1ccc(Br)cc1N. The predicted molar refractivity (Wildman–Crippen MR) is 88.9 cm³/mol. The molecule has 0 aliphatic heterocycles. The molecule has 0 fully saturated rings. The maximum absolute atomic E-state index is 6.03. The van der Waals surface area contributed by atoms with Crippen molar-refractivity contribution < 1.29 is 4.74 Å². The van der Waals surface area contributed by atoms with Crippen LogP contribution in [-0.2, 0) is 0 Å². The Morgan fingerprint density at radius 2 is 1.85 bits per heavy atom. The maximum atomic E-state index is 6.03. The fourth-order valence-corrected chi connectivity index (χ4v) is 2.35. The summed E-state index contributed by atoms with van der Waals surface area (Å²) in [5.41, 5.74) is 9.76. The summed E-state index contributed by atoms with van der Waals surface area (Å²) in [4.78, 5) is 0. The Morgan fingerprint density at radius 3 is 2.45 bits per heavy atom. The van der Waals surface area contributed by atoms with Gasteiger partial charge in [-0.15, -0.1) is 0 Å². The number of rotatable bonds is 4. The molecule has 106 valence electrons. The Morgan fingerprint density at radius 1 is 1.10 bits per heavy atom. The van der Waals surface area contributed by atoms with E-state index >= 15 is 0 Å². The van der Waals surface area contributed by atoms with Gasteiger partial charge >= 0.3 is 0 Å². The van der Waals surface area contributed by atoms with Crippen molar-refractivity contribution in [3.8, 4) is 5.75 Å². The molecule has 0 amide bonds. The maximum Gasteiger partial charge on any atom is 0.142 e. The predicted octanol–water partition coefficient (Wildman–Crippen LogP) is 4.91. The van der Waals surface area contributed by atoms with Crippen LogP contribution in [0.1, 0.15) is 25.3 Å². The van der Waals surface area contributed by atoms with E-state index in [1.54, 1.807) is 7.11 Å². The Balaban J connectivity index is 2.38. The molecular formula is C16H19BrN2O. The quantitative estimate of drug-likeness (QED) is 0.781. The zero-order valence-electron chi connectivity index (χ0n) is 11.9. The van der Waals surface area contributed by atoms with E-state index in [9.17, 15) is 0 Å². The number of benzene rings is 2. The monoisotopic (exact) mass is 334 g/mol. The standard InChI is InChI=1S/C16H19BrN2O/c1-10(2)11-4-7-16(20-3)15(8-11)19-14-6-5-12(17)9-13(14)18/h4-10,19H,18H2,1-3H3. The van der Waals surface area contributed by atoms with E-state index in [1.165, 1.54) is 5.56 Å². The van der Waals surface area contributed by atoms with Gasteiger partial charge in [0, 0.05) is 4.47 Å². The van der Waals surface area contributed by atoms with Gasteiger partial charge in [-0.3, -0.25) is 0 Å². The Kier molecular flexibility index (Phi) is 4.55. The normalized spacial score (nSPS) is 10.7. The van der Waals surface area contributed by atoms with E-state index in [2.05, 4.69) is 47.2 Å². The van der Waals surface area contributed by atoms with Gasteiger partial charge in [-0.1, -0.05) is 35.8 Å². The molecule has 4 heteroatoms. The highest BCUT2D eigenvalue weighted by molar-refractivity contribution is 9.10. The lowest BCUT2D eigenvalue weighted by Crippen LogP contribution is -2.00. The molecule has 2 aromatic carbocycles. The molecular weight excluding hydrogens is 316 g/mol. The van der Waals surface area contributed by atoms with Crippen LogP contribution in [0.5, 0.6) is 5.75 Å². The minimum absolute atomic E-state index is 0.462. The molecule has 3 nitrogen and oxygen atoms in total. The van der Waals surface area contributed by atoms with E-state index in [0.717, 1.165) is 21.6 Å². The molecule has 0 spiro atoms. The number of methoxy groups -OCH3 is 1. The first-order valence-electron chi connectivity index (χ1n) is 6.51. The summed E-state index contributed by atoms with van der Waals surface area (Å²) in [5.74, 6) is 1.26. The van der Waals surface area contributed by atoms with Gasteiger partial charge in [0.2, 0.25) is 0 Å². The fraction of sp³-hybridized carbons (Fsp3) is 0.250. The molecule has 2 aromatic rings. The number of nitrogens with one attached hydrogen (secondary N) is 1. The first-order valence-corrected chi connectivity index (χ1v) is 7.30. The first kappa shape index (κ1) is 14.7. The second-order valence-corrected chi connectivity index (χ2v) is 5.89. The molecule has 0 saturated heterocycles. The summed E-state index contributed by atoms with van der Waals surface area (Å²) in [6.45, 7) is 4.33. The van der Waals surface area contributed by atoms with Crippen molar-refractivity contribution in [1.29, 1.82) is 0 Å². The third-order valence-electron chi connectivity index (χ3n) is 3.17. The Bertz CT molecular complexity index is 611. The van der Waals surface area contributed by atoms with Crippen LogP contribution in [-0.4, -0.2) is 7.11 Å². The van der Waals surface area contributed by atoms with Crippen LogP contribution >= 0.6 is 15.9 Å². The average Bonchev–Trinajstić information content (AvgIpc) is 2.41. The van der Waals surface area contributed by atoms with Gasteiger partial charge in [-0.2, -0.15) is 0 Å². The Hall–Kier alpha value is -1.68. The number of hydrogen-bond donors (Lipinski definition) is 2. The van der Waals surface area contributed by atoms with Gasteiger partial charge in [0.15, 0.2) is 0 Å². The molecule has 0 aliphatic rings. The summed E-state index contributed by atoms with van der Waals surface area (Å²) in [6, 6.07) is 11.9. The molecule has 0 aliphatic carbocycles. The van der Waals surface area contributed by atoms with Crippen LogP contribution in [0.15, 0.2) is 40.9 Å². The minimum atomic E-state index is 0.462. The molecule has 0 bridgehead atoms. The van der Waals surface area contributed by atoms with Crippen LogP contribution in [0.2, 0.25) is 0 Å². The average molecular weight is 335 g/mol. The zero-order valence-corrected chi connectivity index (χ0v) is 13.5. The van der Waals surface area contributed by atoms with E-state index < -0.39 is 0 Å². The number of anilines is 3. The third-order valence-corrected chi connectivity index (χ3v) is 3.67. The Labute approximate surface area is 128 Å². The van der Waals surface area contributed by atoms with Gasteiger partial charge in [-0.05, 0) is 41.8 Å². The van der Waals surface area contributed by atoms with E-state index in [-0.39, 0.29) is 0 Å². The van der Waals surface area contributed by atoms with Crippen molar-refractivity contribution >= 4 is 33.0 Å². The molecule has 0 heterocycles. The molecule has 0 aromatic heterocycles. The van der Waals surface area contributed by atoms with Crippen molar-refractivity contribution in [1.82, 2.24) is 0 Å². The van der Waals surface area contributed by atoms with Crippen molar-refractivity contribution in [3.05, 3.63) is 46.4 Å². The zero-order chi connectivity index (χ0) is 14.7. The highest BCUT2D eigenvalue weighted by Gasteiger charge is 2.08. The molecule has 0 radical (unpaired) electrons. The van der Waals surface area contributed by atoms with Crippen molar-refractivity contribution in [3.63, 3.8) is 0 Å². The summed E-state index contributed by atoms with van der Waals surface area (Å²) < 4.78 is 6.36. The summed E-state index contributed by atoms with van der Waals surface area (Å²) in [7, 11) is 1.67. The topological polar surface area (TPSA) is 47.3 Å². The first-order chi connectivity index (χ1) is 9.51. The van der Waals surface area contributed by atoms with Gasteiger partial charge in [-0.25, -0.2) is 0 Å². The molecule has 3 N–H and O–H groups in total. The van der Waals surface area contributed by atoms with Crippen molar-refractivity contribution in [2.75, 3.05) is 18.2 Å². The minimum Gasteiger partial charge on any atom is -0.495 e. The third kappa shape index (κ3) is 3.25. The van der Waals surface area contributed by atoms with Crippen LogP contribution < -0.4 is 15.8 Å². The van der Waals surface area contributed by atoms with Crippen LogP contribution in [0.3, 0.4) is 0 Å². The van der Waals surface area contributed by atoms with Gasteiger partial charge < -0.3 is 15.8 Å². The molecule has 2 rings (SSSR count). The second kappa shape index (κ2) is 6.18. The number of ether oxygens (including phenoxy) is 1. The summed E-state index contributed by atoms with van der Waals surface area (Å²) in [5, 5.41) is 3.34. The molecule has 0 saturated carbocycles. The fourth-order valence-electron chi connectivity index (χ4n) is 1.97. The van der Waals surface area contributed by atoms with Gasteiger partial charge in [0.25, 0.3) is 0 Å². The second-order valence-electron chi connectivity index (χ2n) is 4.97. The van der Waals surface area contributed by atoms with Crippen molar-refractivity contribution in [2.24, 2.45) is 0 Å². The van der Waals surface area contributed by atoms with Crippen LogP contribution in [0, 0.1) is 0 Å². The largest absolute Gasteiger partial charge is 0.495 e. The van der Waals surface area contributed by atoms with Crippen LogP contribution in [0.25, 0.3) is 0 Å². The number of hydrogen-bond acceptors (Lipinski definition) is 3. The van der Waals surface area contributed by atoms with E-state index in [4.69, 9.17) is 10.5 Å². The molecule has 0 atom stereocenters. The highest BCUT2D eigenvalue weighted by Crippen LogP contribution is 2.33. The van der Waals surface area contributed by atoms with Gasteiger partial charge in [0.1, 0.15) is 5.75 Å². The smallest absolute Gasteiger partial charge is 0.142 e. The molecule has 0 unspecified atom stereocenters. The van der Waals surface area contributed by atoms with Crippen LogP contribution in [0.4, 0.5) is 17.1 Å². The highest BCUT2D eigenvalue weighted by atomic mass is 79.9. The summed E-state index contributed by atoms with van der Waals surface area (Å²) in [6.07, 6.45) is 0.